The molecule has 3 aromatic rings. The van der Waals surface area contributed by atoms with Crippen molar-refractivity contribution in [2.75, 3.05) is 43.4 Å². The third-order valence-corrected chi connectivity index (χ3v) is 4.94. The Labute approximate surface area is 161 Å². The maximum absolute atomic E-state index is 4.64. The molecule has 0 spiro atoms. The van der Waals surface area contributed by atoms with Gasteiger partial charge in [-0.15, -0.1) is 11.3 Å². The fraction of sp³-hybridized carbons (Fsp3) is 0.353. The second-order valence-electron chi connectivity index (χ2n) is 6.37. The lowest BCUT2D eigenvalue weighted by molar-refractivity contribution is 0.311. The van der Waals surface area contributed by atoms with E-state index in [4.69, 9.17) is 0 Å². The molecule has 10 heteroatoms. The van der Waals surface area contributed by atoms with Crippen molar-refractivity contribution in [3.63, 3.8) is 0 Å². The van der Waals surface area contributed by atoms with Gasteiger partial charge in [0.05, 0.1) is 0 Å². The Morgan fingerprint density at radius 1 is 1.15 bits per heavy atom. The van der Waals surface area contributed by atoms with Crippen LogP contribution in [0.25, 0.3) is 12.2 Å². The number of anilines is 3. The van der Waals surface area contributed by atoms with Crippen LogP contribution in [-0.2, 0) is 0 Å². The average molecular weight is 383 g/mol. The largest absolute Gasteiger partial charge is 0.338 e. The SMILES string of the molecule is Cc1cc(Nc2nc(/C=C/c3nccs3)nc(N3CCN(C)CC3)n2)n[nH]1. The standard InChI is InChI=1S/C17H21N9S/c1-12-11-14(24-23-12)20-16-19-13(3-4-15-18-5-10-27-15)21-17(22-16)26-8-6-25(2)7-9-26/h3-5,10-11H,6-9H2,1-2H3,(H2,19,20,21,22,23,24)/b4-3+. The van der Waals surface area contributed by atoms with E-state index >= 15 is 0 Å². The van der Waals surface area contributed by atoms with Gasteiger partial charge in [-0.25, -0.2) is 4.98 Å². The summed E-state index contributed by atoms with van der Waals surface area (Å²) in [4.78, 5) is 22.5. The second kappa shape index (κ2) is 7.80. The van der Waals surface area contributed by atoms with Gasteiger partial charge in [-0.1, -0.05) is 0 Å². The zero-order valence-electron chi connectivity index (χ0n) is 15.3. The highest BCUT2D eigenvalue weighted by atomic mass is 32.1. The molecule has 4 rings (SSSR count). The minimum atomic E-state index is 0.476. The van der Waals surface area contributed by atoms with Crippen molar-refractivity contribution in [2.24, 2.45) is 0 Å². The third kappa shape index (κ3) is 4.47. The van der Waals surface area contributed by atoms with E-state index < -0.39 is 0 Å². The average Bonchev–Trinajstić information content (AvgIpc) is 3.32. The number of rotatable bonds is 5. The number of H-pyrrole nitrogens is 1. The molecule has 0 unspecified atom stereocenters. The molecule has 1 aliphatic rings. The van der Waals surface area contributed by atoms with Gasteiger partial charge in [0, 0.05) is 49.5 Å². The van der Waals surface area contributed by atoms with Crippen LogP contribution in [0.3, 0.4) is 0 Å². The van der Waals surface area contributed by atoms with Crippen LogP contribution >= 0.6 is 11.3 Å². The summed E-state index contributed by atoms with van der Waals surface area (Å²) in [6.45, 7) is 5.69. The highest BCUT2D eigenvalue weighted by molar-refractivity contribution is 7.10. The van der Waals surface area contributed by atoms with Crippen molar-refractivity contribution < 1.29 is 0 Å². The Kier molecular flexibility index (Phi) is 5.07. The molecule has 0 aliphatic carbocycles. The van der Waals surface area contributed by atoms with Crippen molar-refractivity contribution >= 4 is 41.2 Å². The number of aryl methyl sites for hydroxylation is 1. The number of nitrogens with zero attached hydrogens (tertiary/aromatic N) is 7. The highest BCUT2D eigenvalue weighted by Gasteiger charge is 2.18. The summed E-state index contributed by atoms with van der Waals surface area (Å²) in [6, 6.07) is 1.91. The summed E-state index contributed by atoms with van der Waals surface area (Å²) in [6.07, 6.45) is 5.55. The number of piperazine rings is 1. The molecule has 4 heterocycles. The predicted octanol–water partition coefficient (Wildman–Crippen LogP) is 2.03. The normalized spacial score (nSPS) is 15.6. The molecule has 0 aromatic carbocycles. The van der Waals surface area contributed by atoms with E-state index in [0.29, 0.717) is 23.5 Å². The Hall–Kier alpha value is -2.85. The molecule has 0 amide bonds. The first kappa shape index (κ1) is 17.6. The lowest BCUT2D eigenvalue weighted by atomic mass is 10.3. The van der Waals surface area contributed by atoms with E-state index in [9.17, 15) is 0 Å². The second-order valence-corrected chi connectivity index (χ2v) is 7.30. The lowest BCUT2D eigenvalue weighted by Gasteiger charge is -2.32. The number of nitrogens with one attached hydrogen (secondary N) is 2. The van der Waals surface area contributed by atoms with Crippen LogP contribution in [-0.4, -0.2) is 68.3 Å². The van der Waals surface area contributed by atoms with Crippen molar-refractivity contribution in [3.8, 4) is 0 Å². The van der Waals surface area contributed by atoms with Gasteiger partial charge in [0.15, 0.2) is 11.6 Å². The van der Waals surface area contributed by atoms with Crippen molar-refractivity contribution in [1.82, 2.24) is 35.0 Å². The molecular weight excluding hydrogens is 362 g/mol. The van der Waals surface area contributed by atoms with E-state index in [1.54, 1.807) is 17.5 Å². The van der Waals surface area contributed by atoms with E-state index in [0.717, 1.165) is 36.9 Å². The fourth-order valence-electron chi connectivity index (χ4n) is 2.72. The number of hydrogen-bond acceptors (Lipinski definition) is 9. The van der Waals surface area contributed by atoms with Gasteiger partial charge in [0.1, 0.15) is 5.01 Å². The van der Waals surface area contributed by atoms with Gasteiger partial charge in [-0.3, -0.25) is 5.10 Å². The topological polar surface area (TPSA) is 98.8 Å². The summed E-state index contributed by atoms with van der Waals surface area (Å²) in [5, 5.41) is 13.1. The van der Waals surface area contributed by atoms with E-state index in [1.165, 1.54) is 0 Å². The van der Waals surface area contributed by atoms with Crippen molar-refractivity contribution in [1.29, 1.82) is 0 Å². The summed E-state index contributed by atoms with van der Waals surface area (Å²) in [7, 11) is 2.12. The fourth-order valence-corrected chi connectivity index (χ4v) is 3.25. The first-order chi connectivity index (χ1) is 13.2. The smallest absolute Gasteiger partial charge is 0.233 e. The maximum atomic E-state index is 4.64. The molecule has 2 N–H and O–H groups in total. The van der Waals surface area contributed by atoms with Crippen molar-refractivity contribution in [3.05, 3.63) is 34.2 Å². The van der Waals surface area contributed by atoms with E-state index in [1.807, 2.05) is 30.5 Å². The maximum Gasteiger partial charge on any atom is 0.233 e. The molecule has 140 valence electrons. The molecule has 27 heavy (non-hydrogen) atoms. The molecule has 0 radical (unpaired) electrons. The summed E-state index contributed by atoms with van der Waals surface area (Å²) in [5.41, 5.74) is 0.967. The van der Waals surface area contributed by atoms with Crippen LogP contribution in [0.1, 0.15) is 16.5 Å². The van der Waals surface area contributed by atoms with E-state index in [2.05, 4.69) is 52.3 Å². The van der Waals surface area contributed by atoms with Crippen LogP contribution < -0.4 is 10.2 Å². The van der Waals surface area contributed by atoms with Gasteiger partial charge in [0.25, 0.3) is 0 Å². The number of aromatic nitrogens is 6. The molecule has 3 aromatic heterocycles. The molecule has 1 aliphatic heterocycles. The van der Waals surface area contributed by atoms with Gasteiger partial charge in [-0.05, 0) is 26.1 Å². The lowest BCUT2D eigenvalue weighted by Crippen LogP contribution is -2.45. The number of hydrogen-bond donors (Lipinski definition) is 2. The van der Waals surface area contributed by atoms with Gasteiger partial charge in [0.2, 0.25) is 11.9 Å². The summed E-state index contributed by atoms with van der Waals surface area (Å²) in [5.74, 6) is 2.41. The third-order valence-electron chi connectivity index (χ3n) is 4.20. The first-order valence-electron chi connectivity index (χ1n) is 8.72. The summed E-state index contributed by atoms with van der Waals surface area (Å²) < 4.78 is 0. The van der Waals surface area contributed by atoms with Gasteiger partial charge < -0.3 is 15.1 Å². The Morgan fingerprint density at radius 3 is 2.70 bits per heavy atom. The Morgan fingerprint density at radius 2 is 2.00 bits per heavy atom. The molecule has 9 nitrogen and oxygen atoms in total. The molecular formula is C17H21N9S. The van der Waals surface area contributed by atoms with Crippen LogP contribution in [0.15, 0.2) is 17.6 Å². The zero-order chi connectivity index (χ0) is 18.6. The van der Waals surface area contributed by atoms with E-state index in [-0.39, 0.29) is 0 Å². The number of thiazole rings is 1. The number of aromatic amines is 1. The first-order valence-corrected chi connectivity index (χ1v) is 9.60. The van der Waals surface area contributed by atoms with Gasteiger partial charge >= 0.3 is 0 Å². The molecule has 1 saturated heterocycles. The Bertz CT molecular complexity index is 910. The quantitative estimate of drug-likeness (QED) is 0.690. The van der Waals surface area contributed by atoms with Gasteiger partial charge in [-0.2, -0.15) is 20.1 Å². The van der Waals surface area contributed by atoms with Crippen LogP contribution in [0, 0.1) is 6.92 Å². The molecule has 0 atom stereocenters. The minimum absolute atomic E-state index is 0.476. The van der Waals surface area contributed by atoms with Crippen LogP contribution in [0.4, 0.5) is 17.7 Å². The molecule has 0 bridgehead atoms. The van der Waals surface area contributed by atoms with Crippen LogP contribution in [0.2, 0.25) is 0 Å². The van der Waals surface area contributed by atoms with Crippen molar-refractivity contribution in [2.45, 2.75) is 6.92 Å². The molecule has 1 fully saturated rings. The Balaban J connectivity index is 1.62. The minimum Gasteiger partial charge on any atom is -0.338 e. The summed E-state index contributed by atoms with van der Waals surface area (Å²) >= 11 is 1.57. The molecule has 0 saturated carbocycles. The number of likely N-dealkylation sites (N-methyl/N-ethyl adjacent to an activating group) is 1. The monoisotopic (exact) mass is 383 g/mol. The van der Waals surface area contributed by atoms with Crippen LogP contribution in [0.5, 0.6) is 0 Å². The zero-order valence-corrected chi connectivity index (χ0v) is 16.1. The highest BCUT2D eigenvalue weighted by Crippen LogP contribution is 2.18. The predicted molar refractivity (Wildman–Crippen MR) is 107 cm³/mol.